The normalized spacial score (nSPS) is 19.0. The Kier molecular flexibility index (Phi) is 7.76. The molecule has 1 fully saturated rings. The number of amides is 1. The van der Waals surface area contributed by atoms with Crippen LogP contribution < -0.4 is 14.4 Å². The Balaban J connectivity index is 1.65. The monoisotopic (exact) mass is 572 g/mol. The minimum Gasteiger partial charge on any atom is -0.507 e. The zero-order valence-electron chi connectivity index (χ0n) is 22.6. The van der Waals surface area contributed by atoms with Crippen LogP contribution in [0, 0.1) is 6.92 Å². The summed E-state index contributed by atoms with van der Waals surface area (Å²) in [6, 6.07) is 11.0. The highest BCUT2D eigenvalue weighted by Gasteiger charge is 2.48. The minimum atomic E-state index is -1.05. The fourth-order valence-corrected chi connectivity index (χ4v) is 5.86. The number of carbonyl (C=O) groups is 3. The number of benzene rings is 2. The second-order valence-electron chi connectivity index (χ2n) is 9.59. The first kappa shape index (κ1) is 27.9. The number of nitrogens with zero attached hydrogens (tertiary/aromatic N) is 2. The van der Waals surface area contributed by atoms with Crippen molar-refractivity contribution in [3.63, 3.8) is 0 Å². The third-order valence-electron chi connectivity index (χ3n) is 6.66. The van der Waals surface area contributed by atoms with Crippen LogP contribution in [0.1, 0.15) is 45.0 Å². The molecular weight excluding hydrogens is 544 g/mol. The van der Waals surface area contributed by atoms with Gasteiger partial charge < -0.3 is 19.3 Å². The molecule has 0 spiro atoms. The van der Waals surface area contributed by atoms with E-state index in [0.29, 0.717) is 34.7 Å². The lowest BCUT2D eigenvalue weighted by atomic mass is 9.94. The number of aliphatic hydroxyl groups is 1. The standard InChI is InChI=1S/C31H28N2O7S/c1-5-12-38-22-9-7-8-19(16-22)25-24(26(34)20-10-11-23-21(15-20)14-17(3)40-23)27(35)29(36)33(25)31-32-18(4)28(41-31)30(37)39-13-6-2/h5-11,15-17,25,34H,1-2,12-14H2,3-4H3/b26-24+/t17-,25+/m0/s1. The fourth-order valence-electron chi connectivity index (χ4n) is 4.87. The molecule has 10 heteroatoms. The summed E-state index contributed by atoms with van der Waals surface area (Å²) in [5.74, 6) is -1.50. The third-order valence-corrected chi connectivity index (χ3v) is 7.80. The van der Waals surface area contributed by atoms with Crippen LogP contribution in [0.2, 0.25) is 0 Å². The van der Waals surface area contributed by atoms with Gasteiger partial charge in [-0.3, -0.25) is 14.5 Å². The molecule has 2 aliphatic heterocycles. The molecule has 2 aromatic carbocycles. The molecule has 0 aliphatic carbocycles. The molecule has 0 radical (unpaired) electrons. The molecule has 2 atom stereocenters. The van der Waals surface area contributed by atoms with Gasteiger partial charge in [-0.2, -0.15) is 0 Å². The highest BCUT2D eigenvalue weighted by atomic mass is 32.1. The first-order chi connectivity index (χ1) is 19.7. The lowest BCUT2D eigenvalue weighted by Crippen LogP contribution is -2.29. The average molecular weight is 573 g/mol. The smallest absolute Gasteiger partial charge is 0.350 e. The Bertz CT molecular complexity index is 1610. The molecule has 3 aromatic rings. The van der Waals surface area contributed by atoms with Crippen LogP contribution in [-0.2, 0) is 20.7 Å². The van der Waals surface area contributed by atoms with E-state index in [-0.39, 0.29) is 40.7 Å². The van der Waals surface area contributed by atoms with Gasteiger partial charge in [0.15, 0.2) is 5.13 Å². The first-order valence-corrected chi connectivity index (χ1v) is 13.7. The Morgan fingerprint density at radius 3 is 2.73 bits per heavy atom. The van der Waals surface area contributed by atoms with E-state index in [1.54, 1.807) is 55.5 Å². The number of rotatable bonds is 9. The van der Waals surface area contributed by atoms with Gasteiger partial charge in [0, 0.05) is 12.0 Å². The second kappa shape index (κ2) is 11.4. The maximum Gasteiger partial charge on any atom is 0.350 e. The van der Waals surface area contributed by atoms with E-state index in [4.69, 9.17) is 14.2 Å². The Hall–Kier alpha value is -4.70. The van der Waals surface area contributed by atoms with Crippen molar-refractivity contribution in [1.82, 2.24) is 4.98 Å². The minimum absolute atomic E-state index is 0.00760. The number of thiazole rings is 1. The number of fused-ring (bicyclic) bond motifs is 1. The van der Waals surface area contributed by atoms with Crippen LogP contribution in [0.3, 0.4) is 0 Å². The molecule has 0 saturated carbocycles. The molecule has 1 N–H and O–H groups in total. The van der Waals surface area contributed by atoms with Crippen LogP contribution >= 0.6 is 11.3 Å². The molecule has 0 unspecified atom stereocenters. The van der Waals surface area contributed by atoms with Gasteiger partial charge in [-0.25, -0.2) is 9.78 Å². The highest BCUT2D eigenvalue weighted by Crippen LogP contribution is 2.45. The van der Waals surface area contributed by atoms with E-state index >= 15 is 0 Å². The van der Waals surface area contributed by atoms with Gasteiger partial charge >= 0.3 is 11.9 Å². The van der Waals surface area contributed by atoms with E-state index in [0.717, 1.165) is 16.9 Å². The number of Topliss-reactive ketones (excluding diaryl/α,β-unsaturated/α-hetero) is 1. The summed E-state index contributed by atoms with van der Waals surface area (Å²) in [4.78, 5) is 45.7. The molecule has 41 heavy (non-hydrogen) atoms. The van der Waals surface area contributed by atoms with Gasteiger partial charge in [0.05, 0.1) is 17.3 Å². The molecule has 2 aliphatic rings. The first-order valence-electron chi connectivity index (χ1n) is 12.9. The fraction of sp³-hybridized carbons (Fsp3) is 0.226. The molecular formula is C31H28N2O7S. The summed E-state index contributed by atoms with van der Waals surface area (Å²) < 4.78 is 16.6. The third kappa shape index (κ3) is 5.26. The van der Waals surface area contributed by atoms with Crippen molar-refractivity contribution in [1.29, 1.82) is 0 Å². The molecule has 210 valence electrons. The van der Waals surface area contributed by atoms with E-state index in [1.165, 1.54) is 11.0 Å². The number of ether oxygens (including phenoxy) is 3. The van der Waals surface area contributed by atoms with E-state index in [9.17, 15) is 19.5 Å². The summed E-state index contributed by atoms with van der Waals surface area (Å²) in [5.41, 5.74) is 2.02. The van der Waals surface area contributed by atoms with Crippen LogP contribution in [0.15, 0.2) is 73.3 Å². The number of carbonyl (C=O) groups excluding carboxylic acids is 3. The predicted octanol–water partition coefficient (Wildman–Crippen LogP) is 5.31. The lowest BCUT2D eigenvalue weighted by Gasteiger charge is -2.23. The van der Waals surface area contributed by atoms with E-state index < -0.39 is 23.7 Å². The predicted molar refractivity (Wildman–Crippen MR) is 154 cm³/mol. The number of anilines is 1. The van der Waals surface area contributed by atoms with Gasteiger partial charge in [0.1, 0.15) is 41.5 Å². The zero-order valence-corrected chi connectivity index (χ0v) is 23.4. The molecule has 1 saturated heterocycles. The Labute approximate surface area is 241 Å². The number of hydrogen-bond donors (Lipinski definition) is 1. The number of hydrogen-bond acceptors (Lipinski definition) is 9. The van der Waals surface area contributed by atoms with Crippen LogP contribution in [0.4, 0.5) is 5.13 Å². The van der Waals surface area contributed by atoms with Gasteiger partial charge in [-0.15, -0.1) is 0 Å². The molecule has 1 aromatic heterocycles. The Morgan fingerprint density at radius 2 is 1.98 bits per heavy atom. The van der Waals surface area contributed by atoms with Gasteiger partial charge in [0.25, 0.3) is 5.78 Å². The van der Waals surface area contributed by atoms with E-state index in [1.807, 2.05) is 6.92 Å². The van der Waals surface area contributed by atoms with Gasteiger partial charge in [0.2, 0.25) is 0 Å². The second-order valence-corrected chi connectivity index (χ2v) is 10.6. The molecule has 1 amide bonds. The summed E-state index contributed by atoms with van der Waals surface area (Å²) in [6.07, 6.45) is 3.69. The van der Waals surface area contributed by atoms with Crippen molar-refractivity contribution in [2.24, 2.45) is 0 Å². The summed E-state index contributed by atoms with van der Waals surface area (Å²) in [6.45, 7) is 11.0. The number of ketones is 1. The van der Waals surface area contributed by atoms with Crippen LogP contribution in [0.25, 0.3) is 5.76 Å². The van der Waals surface area contributed by atoms with Crippen molar-refractivity contribution >= 4 is 39.9 Å². The van der Waals surface area contributed by atoms with Gasteiger partial charge in [-0.1, -0.05) is 48.8 Å². The zero-order chi connectivity index (χ0) is 29.3. The van der Waals surface area contributed by atoms with Crippen molar-refractivity contribution in [2.45, 2.75) is 32.4 Å². The summed E-state index contributed by atoms with van der Waals surface area (Å²) in [5, 5.41) is 11.7. The molecule has 0 bridgehead atoms. The van der Waals surface area contributed by atoms with Crippen molar-refractivity contribution in [3.05, 3.63) is 101 Å². The van der Waals surface area contributed by atoms with Crippen molar-refractivity contribution in [2.75, 3.05) is 18.1 Å². The number of aryl methyl sites for hydroxylation is 1. The van der Waals surface area contributed by atoms with Crippen LogP contribution in [-0.4, -0.2) is 47.1 Å². The quantitative estimate of drug-likeness (QED) is 0.121. The largest absolute Gasteiger partial charge is 0.507 e. The topological polar surface area (TPSA) is 115 Å². The van der Waals surface area contributed by atoms with Gasteiger partial charge in [-0.05, 0) is 55.3 Å². The number of esters is 1. The maximum absolute atomic E-state index is 13.6. The molecule has 9 nitrogen and oxygen atoms in total. The molecule has 3 heterocycles. The average Bonchev–Trinajstić information content (AvgIpc) is 3.61. The maximum atomic E-state index is 13.6. The van der Waals surface area contributed by atoms with E-state index in [2.05, 4.69) is 18.1 Å². The number of aromatic nitrogens is 1. The van der Waals surface area contributed by atoms with Crippen molar-refractivity contribution in [3.8, 4) is 11.5 Å². The molecule has 5 rings (SSSR count). The summed E-state index contributed by atoms with van der Waals surface area (Å²) in [7, 11) is 0. The SMILES string of the molecule is C=CCOC(=O)c1sc(N2C(=O)C(=O)/C(=C(/O)c3ccc4c(c3)C[C@H](C)O4)[C@H]2c2cccc(OCC=C)c2)nc1C. The number of aliphatic hydroxyl groups excluding tert-OH is 1. The highest BCUT2D eigenvalue weighted by molar-refractivity contribution is 7.17. The lowest BCUT2D eigenvalue weighted by molar-refractivity contribution is -0.132. The summed E-state index contributed by atoms with van der Waals surface area (Å²) >= 11 is 0.931. The van der Waals surface area contributed by atoms with Crippen molar-refractivity contribution < 1.29 is 33.7 Å². The Morgan fingerprint density at radius 1 is 1.20 bits per heavy atom. The van der Waals surface area contributed by atoms with Crippen LogP contribution in [0.5, 0.6) is 11.5 Å².